The van der Waals surface area contributed by atoms with Crippen molar-refractivity contribution in [2.24, 2.45) is 0 Å². The normalized spacial score (nSPS) is 10.1. The van der Waals surface area contributed by atoms with Gasteiger partial charge in [0.2, 0.25) is 0 Å². The fourth-order valence-electron chi connectivity index (χ4n) is 1.35. The maximum Gasteiger partial charge on any atom is 0.160 e. The Balaban J connectivity index is 2.40. The van der Waals surface area contributed by atoms with Crippen LogP contribution in [-0.2, 0) is 4.74 Å². The quantitative estimate of drug-likeness (QED) is 0.583. The summed E-state index contributed by atoms with van der Waals surface area (Å²) in [6, 6.07) is 1.96. The zero-order chi connectivity index (χ0) is 12.7. The minimum atomic E-state index is 0.605. The predicted molar refractivity (Wildman–Crippen MR) is 69.6 cm³/mol. The number of methoxy groups -OCH3 is 1. The molecule has 1 rings (SSSR count). The van der Waals surface area contributed by atoms with Gasteiger partial charge in [0.15, 0.2) is 5.75 Å². The van der Waals surface area contributed by atoms with Crippen LogP contribution in [0.2, 0.25) is 0 Å². The third kappa shape index (κ3) is 4.87. The minimum absolute atomic E-state index is 0.605. The van der Waals surface area contributed by atoms with Gasteiger partial charge in [0.1, 0.15) is 0 Å². The summed E-state index contributed by atoms with van der Waals surface area (Å²) in [4.78, 5) is 4.17. The van der Waals surface area contributed by atoms with Crippen LogP contribution in [0, 0.1) is 6.92 Å². The van der Waals surface area contributed by atoms with Crippen molar-refractivity contribution < 1.29 is 9.47 Å². The van der Waals surface area contributed by atoms with Crippen molar-refractivity contribution in [3.05, 3.63) is 30.1 Å². The molecule has 0 saturated heterocycles. The molecule has 1 N–H and O–H groups in total. The molecule has 0 aliphatic heterocycles. The highest BCUT2D eigenvalue weighted by Gasteiger charge is 2.02. The number of nitrogens with zero attached hydrogens (tertiary/aromatic N) is 1. The van der Waals surface area contributed by atoms with E-state index in [4.69, 9.17) is 9.47 Å². The van der Waals surface area contributed by atoms with Gasteiger partial charge in [-0.3, -0.25) is 4.98 Å². The molecule has 0 aromatic carbocycles. The summed E-state index contributed by atoms with van der Waals surface area (Å²) in [7, 11) is 1.63. The van der Waals surface area contributed by atoms with E-state index < -0.39 is 0 Å². The number of nitrogens with one attached hydrogen (secondary N) is 1. The minimum Gasteiger partial charge on any atom is -0.493 e. The van der Waals surface area contributed by atoms with Crippen molar-refractivity contribution in [1.29, 1.82) is 0 Å². The SMILES string of the molecule is C=C(C)COCCNc1cc(C)ncc1OC. The first-order valence-corrected chi connectivity index (χ1v) is 5.60. The Hall–Kier alpha value is -1.55. The van der Waals surface area contributed by atoms with Gasteiger partial charge in [0, 0.05) is 12.2 Å². The second kappa shape index (κ2) is 6.91. The lowest BCUT2D eigenvalue weighted by molar-refractivity contribution is 0.167. The highest BCUT2D eigenvalue weighted by Crippen LogP contribution is 2.22. The monoisotopic (exact) mass is 236 g/mol. The van der Waals surface area contributed by atoms with Crippen molar-refractivity contribution in [1.82, 2.24) is 4.98 Å². The van der Waals surface area contributed by atoms with E-state index in [9.17, 15) is 0 Å². The van der Waals surface area contributed by atoms with Crippen LogP contribution in [0.3, 0.4) is 0 Å². The first kappa shape index (κ1) is 13.5. The Morgan fingerprint density at radius 3 is 2.94 bits per heavy atom. The standard InChI is InChI=1S/C13H20N2O2/c1-10(2)9-17-6-5-14-12-7-11(3)15-8-13(12)16-4/h7-8H,1,5-6,9H2,2-4H3,(H,14,15). The van der Waals surface area contributed by atoms with Crippen molar-refractivity contribution in [2.45, 2.75) is 13.8 Å². The Morgan fingerprint density at radius 1 is 1.53 bits per heavy atom. The summed E-state index contributed by atoms with van der Waals surface area (Å²) in [5.41, 5.74) is 2.93. The highest BCUT2D eigenvalue weighted by atomic mass is 16.5. The second-order valence-electron chi connectivity index (χ2n) is 3.96. The number of rotatable bonds is 7. The van der Waals surface area contributed by atoms with Gasteiger partial charge in [-0.15, -0.1) is 0 Å². The number of aromatic nitrogens is 1. The van der Waals surface area contributed by atoms with Crippen LogP contribution in [0.1, 0.15) is 12.6 Å². The van der Waals surface area contributed by atoms with Gasteiger partial charge < -0.3 is 14.8 Å². The van der Waals surface area contributed by atoms with Crippen LogP contribution in [0.5, 0.6) is 5.75 Å². The molecular weight excluding hydrogens is 216 g/mol. The average Bonchev–Trinajstić information content (AvgIpc) is 2.28. The van der Waals surface area contributed by atoms with E-state index in [0.717, 1.165) is 29.2 Å². The third-order valence-electron chi connectivity index (χ3n) is 2.13. The van der Waals surface area contributed by atoms with Crippen LogP contribution >= 0.6 is 0 Å². The summed E-state index contributed by atoms with van der Waals surface area (Å²) in [5.74, 6) is 0.746. The van der Waals surface area contributed by atoms with Gasteiger partial charge >= 0.3 is 0 Å². The van der Waals surface area contributed by atoms with E-state index in [-0.39, 0.29) is 0 Å². The van der Waals surface area contributed by atoms with Gasteiger partial charge in [0.05, 0.1) is 32.2 Å². The van der Waals surface area contributed by atoms with E-state index in [1.807, 2.05) is 19.9 Å². The number of ether oxygens (including phenoxy) is 2. The average molecular weight is 236 g/mol. The third-order valence-corrected chi connectivity index (χ3v) is 2.13. The van der Waals surface area contributed by atoms with Crippen LogP contribution in [-0.4, -0.2) is 31.9 Å². The number of anilines is 1. The van der Waals surface area contributed by atoms with Gasteiger partial charge in [-0.05, 0) is 19.9 Å². The summed E-state index contributed by atoms with van der Waals surface area (Å²) in [6.07, 6.45) is 1.71. The molecule has 0 spiro atoms. The molecule has 94 valence electrons. The topological polar surface area (TPSA) is 43.4 Å². The molecule has 1 aromatic rings. The van der Waals surface area contributed by atoms with Gasteiger partial charge in [-0.2, -0.15) is 0 Å². The molecular formula is C13H20N2O2. The lowest BCUT2D eigenvalue weighted by atomic mass is 10.3. The molecule has 4 heteroatoms. The molecule has 0 atom stereocenters. The van der Waals surface area contributed by atoms with Crippen molar-refractivity contribution in [2.75, 3.05) is 32.2 Å². The maximum absolute atomic E-state index is 5.40. The van der Waals surface area contributed by atoms with Crippen molar-refractivity contribution in [3.8, 4) is 5.75 Å². The number of hydrogen-bond acceptors (Lipinski definition) is 4. The molecule has 1 heterocycles. The van der Waals surface area contributed by atoms with Crippen molar-refractivity contribution >= 4 is 5.69 Å². The molecule has 0 fully saturated rings. The van der Waals surface area contributed by atoms with E-state index in [2.05, 4.69) is 16.9 Å². The zero-order valence-corrected chi connectivity index (χ0v) is 10.7. The number of aryl methyl sites for hydroxylation is 1. The largest absolute Gasteiger partial charge is 0.493 e. The molecule has 4 nitrogen and oxygen atoms in total. The molecule has 0 amide bonds. The Morgan fingerprint density at radius 2 is 2.29 bits per heavy atom. The Labute approximate surface area is 103 Å². The Bertz CT molecular complexity index is 378. The first-order valence-electron chi connectivity index (χ1n) is 5.60. The van der Waals surface area contributed by atoms with E-state index in [1.54, 1.807) is 13.3 Å². The Kier molecular flexibility index (Phi) is 5.49. The smallest absolute Gasteiger partial charge is 0.160 e. The second-order valence-corrected chi connectivity index (χ2v) is 3.96. The summed E-state index contributed by atoms with van der Waals surface area (Å²) in [5, 5.41) is 3.26. The van der Waals surface area contributed by atoms with Gasteiger partial charge in [0.25, 0.3) is 0 Å². The molecule has 0 saturated carbocycles. The fraction of sp³-hybridized carbons (Fsp3) is 0.462. The predicted octanol–water partition coefficient (Wildman–Crippen LogP) is 2.40. The van der Waals surface area contributed by atoms with E-state index in [1.165, 1.54) is 0 Å². The summed E-state index contributed by atoms with van der Waals surface area (Å²) < 4.78 is 10.6. The van der Waals surface area contributed by atoms with Crippen LogP contribution in [0.4, 0.5) is 5.69 Å². The lowest BCUT2D eigenvalue weighted by Gasteiger charge is -2.11. The molecule has 0 aliphatic carbocycles. The molecule has 0 radical (unpaired) electrons. The highest BCUT2D eigenvalue weighted by molar-refractivity contribution is 5.55. The first-order chi connectivity index (χ1) is 8.13. The zero-order valence-electron chi connectivity index (χ0n) is 10.7. The van der Waals surface area contributed by atoms with Gasteiger partial charge in [-0.1, -0.05) is 12.2 Å². The van der Waals surface area contributed by atoms with Crippen LogP contribution in [0.15, 0.2) is 24.4 Å². The number of pyridine rings is 1. The van der Waals surface area contributed by atoms with Crippen LogP contribution < -0.4 is 10.1 Å². The molecule has 17 heavy (non-hydrogen) atoms. The molecule has 0 unspecified atom stereocenters. The number of hydrogen-bond donors (Lipinski definition) is 1. The summed E-state index contributed by atoms with van der Waals surface area (Å²) in [6.45, 7) is 9.64. The van der Waals surface area contributed by atoms with Crippen molar-refractivity contribution in [3.63, 3.8) is 0 Å². The van der Waals surface area contributed by atoms with Crippen LogP contribution in [0.25, 0.3) is 0 Å². The maximum atomic E-state index is 5.40. The lowest BCUT2D eigenvalue weighted by Crippen LogP contribution is -2.11. The van der Waals surface area contributed by atoms with E-state index >= 15 is 0 Å². The summed E-state index contributed by atoms with van der Waals surface area (Å²) >= 11 is 0. The molecule has 1 aromatic heterocycles. The fourth-order valence-corrected chi connectivity index (χ4v) is 1.35. The van der Waals surface area contributed by atoms with Gasteiger partial charge in [-0.25, -0.2) is 0 Å². The molecule has 0 bridgehead atoms. The van der Waals surface area contributed by atoms with E-state index in [0.29, 0.717) is 13.2 Å². The molecule has 0 aliphatic rings.